The quantitative estimate of drug-likeness (QED) is 0.641. The predicted molar refractivity (Wildman–Crippen MR) is 66.8 cm³/mol. The van der Waals surface area contributed by atoms with Crippen LogP contribution >= 0.6 is 15.9 Å². The molecule has 0 atom stereocenters. The number of hydrogen-bond donors (Lipinski definition) is 0. The molecule has 1 heterocycles. The normalized spacial score (nSPS) is 34.0. The van der Waals surface area contributed by atoms with Crippen LogP contribution in [0.15, 0.2) is 0 Å². The average Bonchev–Trinajstić information content (AvgIpc) is 2.45. The van der Waals surface area contributed by atoms with Crippen molar-refractivity contribution in [1.29, 1.82) is 0 Å². The largest absolute Gasteiger partial charge is 0.444 e. The van der Waals surface area contributed by atoms with Gasteiger partial charge in [-0.1, -0.05) is 15.9 Å². The van der Waals surface area contributed by atoms with Gasteiger partial charge in [-0.05, 0) is 45.4 Å². The van der Waals surface area contributed by atoms with E-state index in [9.17, 15) is 4.79 Å². The van der Waals surface area contributed by atoms with Crippen LogP contribution in [0.1, 0.15) is 40.0 Å². The molecule has 4 heteroatoms. The van der Waals surface area contributed by atoms with E-state index < -0.39 is 0 Å². The van der Waals surface area contributed by atoms with Crippen LogP contribution in [0.25, 0.3) is 0 Å². The molecular formula is C12H20BrNO2. The Balaban J connectivity index is 1.87. The van der Waals surface area contributed by atoms with E-state index >= 15 is 0 Å². The zero-order valence-corrected chi connectivity index (χ0v) is 11.8. The third-order valence-electron chi connectivity index (χ3n) is 3.40. The minimum atomic E-state index is -0.385. The SMILES string of the molecule is CC(C)(C)OC(=O)N1CCC2(CC(Br)C2)C1. The third-order valence-corrected chi connectivity index (χ3v) is 4.05. The van der Waals surface area contributed by atoms with Gasteiger partial charge in [-0.3, -0.25) is 0 Å². The number of carbonyl (C=O) groups excluding carboxylic acids is 1. The molecule has 2 fully saturated rings. The second kappa shape index (κ2) is 3.90. The Hall–Kier alpha value is -0.250. The summed E-state index contributed by atoms with van der Waals surface area (Å²) in [6.07, 6.45) is 3.38. The number of amides is 1. The highest BCUT2D eigenvalue weighted by atomic mass is 79.9. The Morgan fingerprint density at radius 3 is 2.56 bits per heavy atom. The third kappa shape index (κ3) is 2.53. The number of nitrogens with zero attached hydrogens (tertiary/aromatic N) is 1. The number of alkyl halides is 1. The van der Waals surface area contributed by atoms with Gasteiger partial charge in [0.05, 0.1) is 0 Å². The molecule has 1 aliphatic heterocycles. The van der Waals surface area contributed by atoms with Gasteiger partial charge in [-0.25, -0.2) is 4.79 Å². The second-order valence-electron chi connectivity index (χ2n) is 6.16. The summed E-state index contributed by atoms with van der Waals surface area (Å²) in [6.45, 7) is 7.47. The van der Waals surface area contributed by atoms with E-state index in [1.807, 2.05) is 25.7 Å². The van der Waals surface area contributed by atoms with Crippen molar-refractivity contribution in [2.75, 3.05) is 13.1 Å². The molecule has 0 N–H and O–H groups in total. The number of halogens is 1. The number of hydrogen-bond acceptors (Lipinski definition) is 2. The standard InChI is InChI=1S/C12H20BrNO2/c1-11(2,3)16-10(15)14-5-4-12(8-14)6-9(13)7-12/h9H,4-8H2,1-3H3. The molecule has 0 bridgehead atoms. The molecule has 3 nitrogen and oxygen atoms in total. The molecule has 0 aromatic carbocycles. The topological polar surface area (TPSA) is 29.5 Å². The molecule has 0 aromatic heterocycles. The lowest BCUT2D eigenvalue weighted by molar-refractivity contribution is 0.0249. The number of likely N-dealkylation sites (tertiary alicyclic amines) is 1. The summed E-state index contributed by atoms with van der Waals surface area (Å²) >= 11 is 3.62. The first-order valence-electron chi connectivity index (χ1n) is 5.92. The summed E-state index contributed by atoms with van der Waals surface area (Å²) in [5, 5.41) is 0. The molecule has 1 amide bonds. The van der Waals surface area contributed by atoms with E-state index in [4.69, 9.17) is 4.74 Å². The Bertz CT molecular complexity index is 292. The van der Waals surface area contributed by atoms with Crippen LogP contribution < -0.4 is 0 Å². The van der Waals surface area contributed by atoms with Crippen molar-refractivity contribution in [2.45, 2.75) is 50.5 Å². The maximum absolute atomic E-state index is 11.9. The van der Waals surface area contributed by atoms with E-state index in [2.05, 4.69) is 15.9 Å². The number of ether oxygens (including phenoxy) is 1. The minimum Gasteiger partial charge on any atom is -0.444 e. The summed E-state index contributed by atoms with van der Waals surface area (Å²) in [5.41, 5.74) is 0.00940. The Morgan fingerprint density at radius 2 is 2.06 bits per heavy atom. The van der Waals surface area contributed by atoms with Crippen LogP contribution in [0.5, 0.6) is 0 Å². The Kier molecular flexibility index (Phi) is 2.97. The van der Waals surface area contributed by atoms with E-state index in [1.54, 1.807) is 0 Å². The van der Waals surface area contributed by atoms with Crippen molar-refractivity contribution in [3.8, 4) is 0 Å². The second-order valence-corrected chi connectivity index (χ2v) is 7.45. The molecule has 0 aromatic rings. The van der Waals surface area contributed by atoms with Gasteiger partial charge in [-0.2, -0.15) is 0 Å². The van der Waals surface area contributed by atoms with E-state index in [1.165, 1.54) is 12.8 Å². The highest BCUT2D eigenvalue weighted by molar-refractivity contribution is 9.09. The van der Waals surface area contributed by atoms with Crippen LogP contribution in [0.4, 0.5) is 4.79 Å². The molecule has 0 unspecified atom stereocenters. The van der Waals surface area contributed by atoms with Crippen LogP contribution in [-0.4, -0.2) is 34.5 Å². The lowest BCUT2D eigenvalue weighted by atomic mass is 9.68. The molecule has 1 saturated heterocycles. The highest BCUT2D eigenvalue weighted by Crippen LogP contribution is 2.51. The van der Waals surface area contributed by atoms with Crippen molar-refractivity contribution >= 4 is 22.0 Å². The van der Waals surface area contributed by atoms with Crippen molar-refractivity contribution in [2.24, 2.45) is 5.41 Å². The smallest absolute Gasteiger partial charge is 0.410 e. The maximum atomic E-state index is 11.9. The molecule has 1 saturated carbocycles. The van der Waals surface area contributed by atoms with Crippen molar-refractivity contribution in [1.82, 2.24) is 4.90 Å². The highest BCUT2D eigenvalue weighted by Gasteiger charge is 2.49. The van der Waals surface area contributed by atoms with Gasteiger partial charge in [0.25, 0.3) is 0 Å². The van der Waals surface area contributed by atoms with Gasteiger partial charge >= 0.3 is 6.09 Å². The van der Waals surface area contributed by atoms with Crippen molar-refractivity contribution < 1.29 is 9.53 Å². The first-order valence-corrected chi connectivity index (χ1v) is 6.83. The molecule has 92 valence electrons. The van der Waals surface area contributed by atoms with Gasteiger partial charge in [-0.15, -0.1) is 0 Å². The van der Waals surface area contributed by atoms with Crippen LogP contribution in [-0.2, 0) is 4.74 Å². The molecule has 16 heavy (non-hydrogen) atoms. The van der Waals surface area contributed by atoms with Gasteiger partial charge in [0.2, 0.25) is 0 Å². The molecule has 1 spiro atoms. The Labute approximate surface area is 106 Å². The molecule has 0 radical (unpaired) electrons. The fourth-order valence-corrected chi connectivity index (χ4v) is 4.00. The average molecular weight is 290 g/mol. The van der Waals surface area contributed by atoms with Gasteiger partial charge in [0.15, 0.2) is 0 Å². The Morgan fingerprint density at radius 1 is 1.44 bits per heavy atom. The number of rotatable bonds is 0. The van der Waals surface area contributed by atoms with Crippen molar-refractivity contribution in [3.05, 3.63) is 0 Å². The summed E-state index contributed by atoms with van der Waals surface area (Å²) in [5.74, 6) is 0. The maximum Gasteiger partial charge on any atom is 0.410 e. The van der Waals surface area contributed by atoms with Crippen LogP contribution in [0, 0.1) is 5.41 Å². The first-order chi connectivity index (χ1) is 7.30. The monoisotopic (exact) mass is 289 g/mol. The molecule has 1 aliphatic carbocycles. The zero-order valence-electron chi connectivity index (χ0n) is 10.3. The molecule has 2 rings (SSSR count). The van der Waals surface area contributed by atoms with Gasteiger partial charge in [0.1, 0.15) is 5.60 Å². The van der Waals surface area contributed by atoms with Gasteiger partial charge in [0, 0.05) is 17.9 Å². The van der Waals surface area contributed by atoms with Gasteiger partial charge < -0.3 is 9.64 Å². The van der Waals surface area contributed by atoms with Crippen LogP contribution in [0.3, 0.4) is 0 Å². The lowest BCUT2D eigenvalue weighted by Crippen LogP contribution is -2.42. The number of carbonyl (C=O) groups is 1. The van der Waals surface area contributed by atoms with Crippen LogP contribution in [0.2, 0.25) is 0 Å². The summed E-state index contributed by atoms with van der Waals surface area (Å²) in [4.78, 5) is 14.4. The summed E-state index contributed by atoms with van der Waals surface area (Å²) < 4.78 is 5.39. The predicted octanol–water partition coefficient (Wildman–Crippen LogP) is 3.17. The van der Waals surface area contributed by atoms with E-state index in [0.29, 0.717) is 10.2 Å². The minimum absolute atomic E-state index is 0.151. The molecular weight excluding hydrogens is 270 g/mol. The van der Waals surface area contributed by atoms with E-state index in [0.717, 1.165) is 19.5 Å². The summed E-state index contributed by atoms with van der Waals surface area (Å²) in [7, 11) is 0. The van der Waals surface area contributed by atoms with E-state index in [-0.39, 0.29) is 11.7 Å². The first kappa shape index (κ1) is 12.2. The lowest BCUT2D eigenvalue weighted by Gasteiger charge is -2.42. The fraction of sp³-hybridized carbons (Fsp3) is 0.917. The summed E-state index contributed by atoms with van der Waals surface area (Å²) in [6, 6.07) is 0. The molecule has 2 aliphatic rings. The zero-order chi connectivity index (χ0) is 12.0. The fourth-order valence-electron chi connectivity index (χ4n) is 2.63. The van der Waals surface area contributed by atoms with Crippen molar-refractivity contribution in [3.63, 3.8) is 0 Å².